The zero-order chi connectivity index (χ0) is 38.3. The molecule has 4 aliphatic rings. The van der Waals surface area contributed by atoms with Crippen LogP contribution in [0.25, 0.3) is 0 Å². The van der Waals surface area contributed by atoms with Gasteiger partial charge in [-0.2, -0.15) is 26.3 Å². The molecule has 15 heteroatoms. The summed E-state index contributed by atoms with van der Waals surface area (Å²) in [6, 6.07) is 9.74. The van der Waals surface area contributed by atoms with Crippen LogP contribution >= 0.6 is 0 Å². The molecule has 53 heavy (non-hydrogen) atoms. The third-order valence-corrected chi connectivity index (χ3v) is 10.8. The van der Waals surface area contributed by atoms with Crippen LogP contribution in [-0.2, 0) is 28.3 Å². The number of likely N-dealkylation sites (tertiary alicyclic amines) is 3. The Kier molecular flexibility index (Phi) is 11.1. The molecule has 4 fully saturated rings. The molecule has 6 rings (SSSR count). The van der Waals surface area contributed by atoms with E-state index in [2.05, 4.69) is 9.80 Å². The van der Waals surface area contributed by atoms with E-state index in [1.54, 1.807) is 25.7 Å². The smallest absolute Gasteiger partial charge is 0.416 e. The molecule has 2 aromatic rings. The number of piperazine rings is 1. The largest absolute Gasteiger partial charge is 0.444 e. The fraction of sp³-hybridized carbons (Fsp3) is 0.605. The molecule has 0 aliphatic carbocycles. The van der Waals surface area contributed by atoms with Crippen LogP contribution in [0, 0.1) is 0 Å². The molecule has 0 spiro atoms. The van der Waals surface area contributed by atoms with Crippen molar-refractivity contribution >= 4 is 17.9 Å². The monoisotopic (exact) mass is 751 g/mol. The minimum Gasteiger partial charge on any atom is -0.444 e. The molecule has 0 aromatic heterocycles. The number of hydrogen-bond acceptors (Lipinski definition) is 6. The second-order valence-electron chi connectivity index (χ2n) is 15.6. The van der Waals surface area contributed by atoms with Gasteiger partial charge in [-0.25, -0.2) is 4.79 Å². The van der Waals surface area contributed by atoms with Crippen molar-refractivity contribution in [2.24, 2.45) is 0 Å². The van der Waals surface area contributed by atoms with Crippen molar-refractivity contribution in [3.8, 4) is 0 Å². The van der Waals surface area contributed by atoms with Gasteiger partial charge in [0.05, 0.1) is 11.1 Å². The highest BCUT2D eigenvalue weighted by Crippen LogP contribution is 2.37. The number of carbonyl (C=O) groups is 3. The third kappa shape index (κ3) is 9.10. The van der Waals surface area contributed by atoms with E-state index in [-0.39, 0.29) is 30.6 Å². The van der Waals surface area contributed by atoms with Gasteiger partial charge in [0.2, 0.25) is 5.91 Å². The highest BCUT2D eigenvalue weighted by atomic mass is 19.4. The Balaban J connectivity index is 1.07. The van der Waals surface area contributed by atoms with Crippen LogP contribution < -0.4 is 0 Å². The Morgan fingerprint density at radius 1 is 0.736 bits per heavy atom. The second kappa shape index (κ2) is 15.1. The number of benzene rings is 2. The molecule has 3 atom stereocenters. The van der Waals surface area contributed by atoms with Gasteiger partial charge in [0.25, 0.3) is 5.91 Å². The first-order valence-electron chi connectivity index (χ1n) is 18.3. The molecule has 290 valence electrons. The lowest BCUT2D eigenvalue weighted by Crippen LogP contribution is -2.67. The normalized spacial score (nSPS) is 23.9. The zero-order valence-electron chi connectivity index (χ0n) is 30.3. The lowest BCUT2D eigenvalue weighted by atomic mass is 9.90. The maximum absolute atomic E-state index is 13.8. The van der Waals surface area contributed by atoms with Crippen molar-refractivity contribution in [3.63, 3.8) is 0 Å². The molecule has 0 radical (unpaired) electrons. The quantitative estimate of drug-likeness (QED) is 0.329. The van der Waals surface area contributed by atoms with Gasteiger partial charge in [-0.3, -0.25) is 24.3 Å². The Hall–Kier alpha value is -3.85. The maximum atomic E-state index is 13.8. The Labute approximate surface area is 305 Å². The number of ether oxygens (including phenoxy) is 1. The van der Waals surface area contributed by atoms with Gasteiger partial charge in [-0.15, -0.1) is 0 Å². The average molecular weight is 752 g/mol. The minimum absolute atomic E-state index is 0.0406. The van der Waals surface area contributed by atoms with E-state index in [1.165, 1.54) is 4.90 Å². The topological polar surface area (TPSA) is 76.6 Å². The molecule has 2 aromatic carbocycles. The van der Waals surface area contributed by atoms with E-state index in [0.29, 0.717) is 57.5 Å². The highest BCUT2D eigenvalue weighted by Gasteiger charge is 2.45. The Morgan fingerprint density at radius 3 is 1.89 bits per heavy atom. The first-order chi connectivity index (χ1) is 24.9. The summed E-state index contributed by atoms with van der Waals surface area (Å²) in [4.78, 5) is 49.4. The molecular weight excluding hydrogens is 704 g/mol. The van der Waals surface area contributed by atoms with E-state index in [1.807, 2.05) is 35.2 Å². The number of halogens is 6. The van der Waals surface area contributed by atoms with Gasteiger partial charge in [0.15, 0.2) is 0 Å². The van der Waals surface area contributed by atoms with Crippen LogP contribution in [0.4, 0.5) is 31.1 Å². The second-order valence-corrected chi connectivity index (χ2v) is 15.6. The summed E-state index contributed by atoms with van der Waals surface area (Å²) >= 11 is 0. The number of carbonyl (C=O) groups excluding carboxylic acids is 3. The Morgan fingerprint density at radius 2 is 1.32 bits per heavy atom. The lowest BCUT2D eigenvalue weighted by molar-refractivity contribution is -0.144. The van der Waals surface area contributed by atoms with Crippen LogP contribution in [0.3, 0.4) is 0 Å². The first kappa shape index (κ1) is 38.9. The van der Waals surface area contributed by atoms with Crippen molar-refractivity contribution in [2.75, 3.05) is 52.4 Å². The highest BCUT2D eigenvalue weighted by molar-refractivity contribution is 5.95. The molecule has 4 aliphatic heterocycles. The van der Waals surface area contributed by atoms with Gasteiger partial charge < -0.3 is 14.5 Å². The van der Waals surface area contributed by atoms with E-state index in [0.717, 1.165) is 38.2 Å². The average Bonchev–Trinajstić information content (AvgIpc) is 3.57. The number of piperidine rings is 1. The van der Waals surface area contributed by atoms with Crippen LogP contribution in [0.5, 0.6) is 0 Å². The van der Waals surface area contributed by atoms with Crippen LogP contribution in [0.2, 0.25) is 0 Å². The molecule has 0 N–H and O–H groups in total. The zero-order valence-corrected chi connectivity index (χ0v) is 30.3. The van der Waals surface area contributed by atoms with Crippen molar-refractivity contribution in [2.45, 2.75) is 95.0 Å². The number of alkyl halides is 6. The molecule has 9 nitrogen and oxygen atoms in total. The van der Waals surface area contributed by atoms with E-state index in [9.17, 15) is 40.7 Å². The molecule has 3 amide bonds. The lowest BCUT2D eigenvalue weighted by Gasteiger charge is -2.51. The summed E-state index contributed by atoms with van der Waals surface area (Å²) in [5, 5.41) is 0. The first-order valence-corrected chi connectivity index (χ1v) is 18.3. The van der Waals surface area contributed by atoms with Crippen molar-refractivity contribution < 1.29 is 45.5 Å². The SMILES string of the molecule is CC(C)(C)OC(=O)N1CCC[C@H]1C(=O)N1CC(N2CCN(C3CCN(C(=O)c4cc(C(F)(F)F)cc(C(F)(F)F)c4)C(Cc4ccccc4)C3)CC2)C1. The minimum atomic E-state index is -5.05. The molecule has 0 saturated carbocycles. The van der Waals surface area contributed by atoms with Crippen molar-refractivity contribution in [1.82, 2.24) is 24.5 Å². The summed E-state index contributed by atoms with van der Waals surface area (Å²) in [7, 11) is 0. The number of nitrogens with zero attached hydrogens (tertiary/aromatic N) is 5. The fourth-order valence-electron chi connectivity index (χ4n) is 8.06. The number of rotatable bonds is 6. The van der Waals surface area contributed by atoms with E-state index in [4.69, 9.17) is 4.74 Å². The molecule has 0 bridgehead atoms. The van der Waals surface area contributed by atoms with Gasteiger partial charge in [0, 0.05) is 76.0 Å². The van der Waals surface area contributed by atoms with Gasteiger partial charge in [-0.05, 0) is 76.6 Å². The van der Waals surface area contributed by atoms with Crippen molar-refractivity contribution in [3.05, 3.63) is 70.8 Å². The van der Waals surface area contributed by atoms with Crippen molar-refractivity contribution in [1.29, 1.82) is 0 Å². The molecule has 4 heterocycles. The van der Waals surface area contributed by atoms with Gasteiger partial charge in [-0.1, -0.05) is 30.3 Å². The Bertz CT molecular complexity index is 1600. The molecular formula is C38H47F6N5O4. The summed E-state index contributed by atoms with van der Waals surface area (Å²) < 4.78 is 87.3. The summed E-state index contributed by atoms with van der Waals surface area (Å²) in [6.45, 7) is 10.3. The molecule has 4 saturated heterocycles. The summed E-state index contributed by atoms with van der Waals surface area (Å²) in [6.07, 6.45) is -7.75. The van der Waals surface area contributed by atoms with E-state index >= 15 is 0 Å². The van der Waals surface area contributed by atoms with Crippen LogP contribution in [0.15, 0.2) is 48.5 Å². The predicted molar refractivity (Wildman–Crippen MR) is 184 cm³/mol. The van der Waals surface area contributed by atoms with Crippen LogP contribution in [-0.4, -0.2) is 125 Å². The number of hydrogen-bond donors (Lipinski definition) is 0. The fourth-order valence-corrected chi connectivity index (χ4v) is 8.06. The maximum Gasteiger partial charge on any atom is 0.416 e. The van der Waals surface area contributed by atoms with Gasteiger partial charge >= 0.3 is 18.4 Å². The summed E-state index contributed by atoms with van der Waals surface area (Å²) in [5.74, 6) is -0.893. The molecule has 2 unspecified atom stereocenters. The predicted octanol–water partition coefficient (Wildman–Crippen LogP) is 6.17. The standard InChI is InChI=1S/C38H47F6N5O4/c1-36(2,3)53-35(52)49-12-7-10-32(49)34(51)47-23-31(24-47)46-16-14-45(15-17-46)29-11-13-48(30(22-29)18-25-8-5-4-6-9-25)33(50)26-19-27(37(39,40)41)21-28(20-26)38(42,43)44/h4-6,8-9,19-21,29-32H,7,10-18,22-24H2,1-3H3/t29?,30?,32-/m0/s1. The third-order valence-electron chi connectivity index (χ3n) is 10.8. The summed E-state index contributed by atoms with van der Waals surface area (Å²) in [5.41, 5.74) is -3.38. The number of amides is 3. The van der Waals surface area contributed by atoms with Crippen LogP contribution in [0.1, 0.15) is 73.5 Å². The van der Waals surface area contributed by atoms with E-state index < -0.39 is 58.7 Å². The van der Waals surface area contributed by atoms with Gasteiger partial charge in [0.1, 0.15) is 11.6 Å².